The fourth-order valence-electron chi connectivity index (χ4n) is 3.15. The van der Waals surface area contributed by atoms with Gasteiger partial charge in [-0.15, -0.1) is 0 Å². The highest BCUT2D eigenvalue weighted by atomic mass is 16.5. The maximum atomic E-state index is 5.22. The largest absolute Gasteiger partial charge is 0.497 e. The zero-order valence-corrected chi connectivity index (χ0v) is 14.2. The third-order valence-corrected chi connectivity index (χ3v) is 4.49. The maximum absolute atomic E-state index is 5.22. The Labute approximate surface area is 138 Å². The summed E-state index contributed by atoms with van der Waals surface area (Å²) < 4.78 is 5.22. The average molecular weight is 314 g/mol. The van der Waals surface area contributed by atoms with Crippen LogP contribution >= 0.6 is 0 Å². The highest BCUT2D eigenvalue weighted by molar-refractivity contribution is 5.97. The first kappa shape index (κ1) is 15.8. The molecule has 2 aliphatic rings. The van der Waals surface area contributed by atoms with Crippen LogP contribution in [-0.4, -0.2) is 54.9 Å². The Morgan fingerprint density at radius 3 is 2.48 bits per heavy atom. The SMILES string of the molecule is CCN1CCC/C1=N/C(=N/c1ccc(OC)cc1)N1CCCC1. The van der Waals surface area contributed by atoms with Crippen LogP contribution in [0.2, 0.25) is 0 Å². The van der Waals surface area contributed by atoms with Crippen LogP contribution < -0.4 is 4.74 Å². The summed E-state index contributed by atoms with van der Waals surface area (Å²) in [6.07, 6.45) is 4.71. The van der Waals surface area contributed by atoms with Crippen LogP contribution in [0.4, 0.5) is 5.69 Å². The molecule has 0 unspecified atom stereocenters. The number of methoxy groups -OCH3 is 1. The lowest BCUT2D eigenvalue weighted by atomic mass is 10.3. The number of guanidine groups is 1. The summed E-state index contributed by atoms with van der Waals surface area (Å²) in [5.41, 5.74) is 0.929. The lowest BCUT2D eigenvalue weighted by molar-refractivity contribution is 0.415. The Morgan fingerprint density at radius 2 is 1.83 bits per heavy atom. The average Bonchev–Trinajstić information content (AvgIpc) is 3.26. The Hall–Kier alpha value is -2.04. The van der Waals surface area contributed by atoms with Gasteiger partial charge in [0.25, 0.3) is 0 Å². The van der Waals surface area contributed by atoms with E-state index < -0.39 is 0 Å². The highest BCUT2D eigenvalue weighted by Gasteiger charge is 2.21. The number of aliphatic imine (C=N–C) groups is 2. The standard InChI is InChI=1S/C18H26N4O/c1-3-21-14-6-7-17(21)20-18(22-12-4-5-13-22)19-15-8-10-16(23-2)11-9-15/h8-11H,3-7,12-14H2,1-2H3/b19-18-,20-17-. The van der Waals surface area contributed by atoms with Gasteiger partial charge in [-0.1, -0.05) is 0 Å². The molecule has 0 bridgehead atoms. The molecule has 5 nitrogen and oxygen atoms in total. The first-order chi connectivity index (χ1) is 11.3. The van der Waals surface area contributed by atoms with Crippen molar-refractivity contribution in [2.75, 3.05) is 33.3 Å². The summed E-state index contributed by atoms with van der Waals surface area (Å²) in [5, 5.41) is 0. The lowest BCUT2D eigenvalue weighted by Crippen LogP contribution is -2.31. The highest BCUT2D eigenvalue weighted by Crippen LogP contribution is 2.21. The predicted molar refractivity (Wildman–Crippen MR) is 94.8 cm³/mol. The van der Waals surface area contributed by atoms with Crippen molar-refractivity contribution in [3.63, 3.8) is 0 Å². The number of hydrogen-bond donors (Lipinski definition) is 0. The summed E-state index contributed by atoms with van der Waals surface area (Å²) in [4.78, 5) is 14.4. The van der Waals surface area contributed by atoms with Gasteiger partial charge in [-0.3, -0.25) is 0 Å². The monoisotopic (exact) mass is 314 g/mol. The van der Waals surface area contributed by atoms with Crippen LogP contribution in [0, 0.1) is 0 Å². The molecule has 0 N–H and O–H groups in total. The smallest absolute Gasteiger partial charge is 0.227 e. The molecule has 0 aromatic heterocycles. The molecule has 0 radical (unpaired) electrons. The van der Waals surface area contributed by atoms with E-state index in [1.54, 1.807) is 7.11 Å². The number of likely N-dealkylation sites (tertiary alicyclic amines) is 2. The molecule has 2 saturated heterocycles. The topological polar surface area (TPSA) is 40.4 Å². The summed E-state index contributed by atoms with van der Waals surface area (Å²) in [5.74, 6) is 2.90. The third kappa shape index (κ3) is 3.84. The van der Waals surface area contributed by atoms with Crippen molar-refractivity contribution in [1.82, 2.24) is 9.80 Å². The molecule has 0 spiro atoms. The molecule has 0 atom stereocenters. The fraction of sp³-hybridized carbons (Fsp3) is 0.556. The van der Waals surface area contributed by atoms with Crippen molar-refractivity contribution < 1.29 is 4.74 Å². The van der Waals surface area contributed by atoms with Crippen molar-refractivity contribution in [3.05, 3.63) is 24.3 Å². The van der Waals surface area contributed by atoms with E-state index in [9.17, 15) is 0 Å². The van der Waals surface area contributed by atoms with E-state index in [-0.39, 0.29) is 0 Å². The lowest BCUT2D eigenvalue weighted by Gasteiger charge is -2.20. The van der Waals surface area contributed by atoms with Crippen molar-refractivity contribution in [2.24, 2.45) is 9.98 Å². The van der Waals surface area contributed by atoms with Gasteiger partial charge in [0.15, 0.2) is 0 Å². The van der Waals surface area contributed by atoms with Crippen LogP contribution in [0.25, 0.3) is 0 Å². The zero-order chi connectivity index (χ0) is 16.1. The summed E-state index contributed by atoms with van der Waals surface area (Å²) in [6.45, 7) is 6.44. The molecule has 2 fully saturated rings. The van der Waals surface area contributed by atoms with E-state index in [0.717, 1.165) is 50.0 Å². The maximum Gasteiger partial charge on any atom is 0.227 e. The second-order valence-corrected chi connectivity index (χ2v) is 6.02. The van der Waals surface area contributed by atoms with E-state index in [1.807, 2.05) is 24.3 Å². The molecule has 124 valence electrons. The van der Waals surface area contributed by atoms with Gasteiger partial charge < -0.3 is 14.5 Å². The summed E-state index contributed by atoms with van der Waals surface area (Å²) >= 11 is 0. The first-order valence-corrected chi connectivity index (χ1v) is 8.60. The Morgan fingerprint density at radius 1 is 1.09 bits per heavy atom. The molecule has 2 aliphatic heterocycles. The normalized spacial score (nSPS) is 20.6. The quantitative estimate of drug-likeness (QED) is 0.635. The molecule has 3 rings (SSSR count). The molecule has 1 aromatic carbocycles. The van der Waals surface area contributed by atoms with Gasteiger partial charge in [0, 0.05) is 32.6 Å². The van der Waals surface area contributed by atoms with Crippen LogP contribution in [0.15, 0.2) is 34.3 Å². The first-order valence-electron chi connectivity index (χ1n) is 8.60. The van der Waals surface area contributed by atoms with E-state index in [4.69, 9.17) is 14.7 Å². The van der Waals surface area contributed by atoms with E-state index in [0.29, 0.717) is 0 Å². The van der Waals surface area contributed by atoms with Crippen LogP contribution in [0.5, 0.6) is 5.75 Å². The molecule has 23 heavy (non-hydrogen) atoms. The van der Waals surface area contributed by atoms with Gasteiger partial charge in [0.2, 0.25) is 5.96 Å². The Balaban J connectivity index is 1.88. The molecule has 1 aromatic rings. The minimum atomic E-state index is 0.853. The molecule has 0 saturated carbocycles. The number of ether oxygens (including phenoxy) is 1. The molecule has 5 heteroatoms. The van der Waals surface area contributed by atoms with Gasteiger partial charge in [-0.25, -0.2) is 4.99 Å². The Kier molecular flexibility index (Phi) is 5.16. The van der Waals surface area contributed by atoms with Crippen molar-refractivity contribution in [3.8, 4) is 5.75 Å². The molecule has 0 aliphatic carbocycles. The summed E-state index contributed by atoms with van der Waals surface area (Å²) in [6, 6.07) is 7.87. The zero-order valence-electron chi connectivity index (χ0n) is 14.2. The minimum Gasteiger partial charge on any atom is -0.497 e. The van der Waals surface area contributed by atoms with Crippen molar-refractivity contribution in [1.29, 1.82) is 0 Å². The molecular formula is C18H26N4O. The number of hydrogen-bond acceptors (Lipinski definition) is 2. The third-order valence-electron chi connectivity index (χ3n) is 4.49. The minimum absolute atomic E-state index is 0.853. The number of amidine groups is 1. The van der Waals surface area contributed by atoms with E-state index in [2.05, 4.69) is 16.7 Å². The van der Waals surface area contributed by atoms with Gasteiger partial charge in [0.1, 0.15) is 11.6 Å². The van der Waals surface area contributed by atoms with Gasteiger partial charge in [0.05, 0.1) is 12.8 Å². The number of benzene rings is 1. The second-order valence-electron chi connectivity index (χ2n) is 6.02. The van der Waals surface area contributed by atoms with Crippen molar-refractivity contribution in [2.45, 2.75) is 32.6 Å². The Bertz CT molecular complexity index is 573. The number of nitrogens with zero attached hydrogens (tertiary/aromatic N) is 4. The van der Waals surface area contributed by atoms with Crippen molar-refractivity contribution >= 4 is 17.5 Å². The van der Waals surface area contributed by atoms with E-state index in [1.165, 1.54) is 25.1 Å². The molecule has 0 amide bonds. The fourth-order valence-corrected chi connectivity index (χ4v) is 3.15. The van der Waals surface area contributed by atoms with Crippen LogP contribution in [-0.2, 0) is 0 Å². The van der Waals surface area contributed by atoms with Crippen LogP contribution in [0.1, 0.15) is 32.6 Å². The van der Waals surface area contributed by atoms with E-state index >= 15 is 0 Å². The van der Waals surface area contributed by atoms with Gasteiger partial charge in [-0.05, 0) is 50.5 Å². The molecule has 2 heterocycles. The second kappa shape index (κ2) is 7.49. The van der Waals surface area contributed by atoms with Crippen LogP contribution in [0.3, 0.4) is 0 Å². The molecular weight excluding hydrogens is 288 g/mol. The summed E-state index contributed by atoms with van der Waals surface area (Å²) in [7, 11) is 1.68. The number of rotatable bonds is 3. The van der Waals surface area contributed by atoms with Gasteiger partial charge in [-0.2, -0.15) is 4.99 Å². The van der Waals surface area contributed by atoms with Gasteiger partial charge >= 0.3 is 0 Å². The predicted octanol–water partition coefficient (Wildman–Crippen LogP) is 3.29.